The number of likely N-dealkylation sites (N-methyl/N-ethyl adjacent to an activating group) is 1. The Morgan fingerprint density at radius 1 is 0.968 bits per heavy atom. The minimum Gasteiger partial charge on any atom is -0.347 e. The van der Waals surface area contributed by atoms with Gasteiger partial charge in [0, 0.05) is 52.7 Å². The maximum Gasteiger partial charge on any atom is 0.271 e. The summed E-state index contributed by atoms with van der Waals surface area (Å²) in [6, 6.07) is 20.1. The molecule has 5 nitrogen and oxygen atoms in total. The van der Waals surface area contributed by atoms with Crippen molar-refractivity contribution in [3.63, 3.8) is 0 Å². The summed E-state index contributed by atoms with van der Waals surface area (Å²) in [6.45, 7) is 8.53. The molecule has 1 amide bonds. The van der Waals surface area contributed by atoms with Crippen LogP contribution in [0.2, 0.25) is 0 Å². The topological polar surface area (TPSA) is 49.6 Å². The van der Waals surface area contributed by atoms with Crippen molar-refractivity contribution in [2.45, 2.75) is 33.1 Å². The van der Waals surface area contributed by atoms with Gasteiger partial charge in [0.1, 0.15) is 0 Å². The third-order valence-electron chi connectivity index (χ3n) is 6.07. The number of para-hydroxylation sites is 1. The molecular formula is C26H28N4O. The van der Waals surface area contributed by atoms with E-state index in [4.69, 9.17) is 0 Å². The predicted molar refractivity (Wildman–Crippen MR) is 127 cm³/mol. The van der Waals surface area contributed by atoms with Crippen LogP contribution in [0.3, 0.4) is 0 Å². The van der Waals surface area contributed by atoms with E-state index in [9.17, 15) is 4.79 Å². The third-order valence-corrected chi connectivity index (χ3v) is 6.07. The van der Waals surface area contributed by atoms with E-state index in [0.717, 1.165) is 22.8 Å². The van der Waals surface area contributed by atoms with Gasteiger partial charge in [-0.05, 0) is 68.0 Å². The van der Waals surface area contributed by atoms with Crippen LogP contribution in [0.25, 0.3) is 5.69 Å². The van der Waals surface area contributed by atoms with Gasteiger partial charge in [-0.25, -0.2) is 5.43 Å². The number of hydrogen-bond acceptors (Lipinski definition) is 3. The Labute approximate surface area is 183 Å². The molecule has 1 N–H and O–H groups in total. The number of hydrogen-bond donors (Lipinski definition) is 1. The van der Waals surface area contributed by atoms with Gasteiger partial charge in [0.05, 0.1) is 0 Å². The quantitative estimate of drug-likeness (QED) is 0.478. The molecule has 0 unspecified atom stereocenters. The summed E-state index contributed by atoms with van der Waals surface area (Å²) >= 11 is 0. The van der Waals surface area contributed by atoms with Crippen molar-refractivity contribution in [1.82, 2.24) is 9.99 Å². The molecule has 0 spiro atoms. The lowest BCUT2D eigenvalue weighted by molar-refractivity contribution is 0.0955. The molecule has 158 valence electrons. The number of rotatable bonds is 4. The van der Waals surface area contributed by atoms with Crippen molar-refractivity contribution in [2.24, 2.45) is 5.10 Å². The van der Waals surface area contributed by atoms with Crippen LogP contribution in [0, 0.1) is 13.8 Å². The number of allylic oxidation sites excluding steroid dienone is 2. The van der Waals surface area contributed by atoms with Gasteiger partial charge in [0.2, 0.25) is 0 Å². The summed E-state index contributed by atoms with van der Waals surface area (Å²) in [4.78, 5) is 14.7. The molecule has 0 bridgehead atoms. The van der Waals surface area contributed by atoms with Gasteiger partial charge in [-0.15, -0.1) is 0 Å². The zero-order valence-electron chi connectivity index (χ0n) is 18.7. The van der Waals surface area contributed by atoms with Gasteiger partial charge in [-0.1, -0.05) is 32.0 Å². The van der Waals surface area contributed by atoms with Crippen molar-refractivity contribution < 1.29 is 4.79 Å². The molecule has 0 saturated carbocycles. The van der Waals surface area contributed by atoms with E-state index < -0.39 is 0 Å². The number of benzene rings is 2. The van der Waals surface area contributed by atoms with Crippen LogP contribution in [-0.4, -0.2) is 23.7 Å². The number of nitrogens with zero attached hydrogens (tertiary/aromatic N) is 3. The normalized spacial score (nSPS) is 16.2. The smallest absolute Gasteiger partial charge is 0.271 e. The fraction of sp³-hybridized carbons (Fsp3) is 0.231. The minimum absolute atomic E-state index is 0.119. The molecular weight excluding hydrogens is 384 g/mol. The number of nitrogens with one attached hydrogen (secondary N) is 1. The maximum atomic E-state index is 12.5. The van der Waals surface area contributed by atoms with Crippen molar-refractivity contribution in [3.05, 3.63) is 95.0 Å². The molecule has 1 aliphatic rings. The van der Waals surface area contributed by atoms with Gasteiger partial charge in [-0.3, -0.25) is 4.79 Å². The molecule has 4 rings (SSSR count). The first-order valence-electron chi connectivity index (χ1n) is 10.4. The van der Waals surface area contributed by atoms with E-state index in [0.29, 0.717) is 5.56 Å². The molecule has 0 fully saturated rings. The van der Waals surface area contributed by atoms with Crippen LogP contribution in [0.4, 0.5) is 5.69 Å². The van der Waals surface area contributed by atoms with Crippen LogP contribution < -0.4 is 10.3 Å². The molecule has 0 saturated heterocycles. The molecule has 1 aromatic heterocycles. The highest BCUT2D eigenvalue weighted by atomic mass is 16.2. The average Bonchev–Trinajstić information content (AvgIpc) is 3.19. The maximum absolute atomic E-state index is 12.5. The summed E-state index contributed by atoms with van der Waals surface area (Å²) in [7, 11) is 2.06. The zero-order chi connectivity index (χ0) is 22.2. The van der Waals surface area contributed by atoms with Crippen LogP contribution >= 0.6 is 0 Å². The molecule has 0 aliphatic carbocycles. The first kappa shape index (κ1) is 20.7. The Kier molecular flexibility index (Phi) is 5.27. The van der Waals surface area contributed by atoms with E-state index in [1.807, 2.05) is 36.4 Å². The second-order valence-electron chi connectivity index (χ2n) is 8.47. The Morgan fingerprint density at radius 2 is 1.61 bits per heavy atom. The lowest BCUT2D eigenvalue weighted by Crippen LogP contribution is -2.23. The largest absolute Gasteiger partial charge is 0.347 e. The van der Waals surface area contributed by atoms with Gasteiger partial charge in [-0.2, -0.15) is 5.10 Å². The summed E-state index contributed by atoms with van der Waals surface area (Å²) in [6.07, 6.45) is 3.61. The van der Waals surface area contributed by atoms with Crippen molar-refractivity contribution in [3.8, 4) is 5.69 Å². The van der Waals surface area contributed by atoms with Gasteiger partial charge >= 0.3 is 0 Å². The van der Waals surface area contributed by atoms with Crippen LogP contribution in [0.1, 0.15) is 41.2 Å². The summed E-state index contributed by atoms with van der Waals surface area (Å²) < 4.78 is 2.16. The first-order valence-corrected chi connectivity index (χ1v) is 10.4. The van der Waals surface area contributed by atoms with Crippen molar-refractivity contribution in [1.29, 1.82) is 0 Å². The number of aryl methyl sites for hydroxylation is 2. The number of carbonyl (C=O) groups excluding carboxylic acids is 1. The number of aromatic nitrogens is 1. The molecule has 3 aromatic rings. The lowest BCUT2D eigenvalue weighted by atomic mass is 9.84. The Hall–Kier alpha value is -3.60. The molecule has 0 atom stereocenters. The highest BCUT2D eigenvalue weighted by molar-refractivity contribution is 5.94. The Bertz CT molecular complexity index is 1160. The summed E-state index contributed by atoms with van der Waals surface area (Å²) in [5.74, 6) is -0.232. The lowest BCUT2D eigenvalue weighted by Gasteiger charge is -2.23. The van der Waals surface area contributed by atoms with Gasteiger partial charge in [0.15, 0.2) is 0 Å². The monoisotopic (exact) mass is 412 g/mol. The molecule has 0 radical (unpaired) electrons. The van der Waals surface area contributed by atoms with E-state index >= 15 is 0 Å². The zero-order valence-corrected chi connectivity index (χ0v) is 18.7. The predicted octanol–water partition coefficient (Wildman–Crippen LogP) is 5.12. The first-order chi connectivity index (χ1) is 14.8. The van der Waals surface area contributed by atoms with E-state index in [-0.39, 0.29) is 11.3 Å². The average molecular weight is 413 g/mol. The molecule has 5 heteroatoms. The van der Waals surface area contributed by atoms with E-state index in [1.165, 1.54) is 11.3 Å². The SMILES string of the molecule is Cc1ccc(C)n1-c1ccc(C(=O)NN=CC=C2N(C)c3ccccc3C2(C)C)cc1. The van der Waals surface area contributed by atoms with E-state index in [2.05, 4.69) is 85.1 Å². The fourth-order valence-corrected chi connectivity index (χ4v) is 4.41. The third kappa shape index (κ3) is 3.67. The minimum atomic E-state index is -0.232. The summed E-state index contributed by atoms with van der Waals surface area (Å²) in [5.41, 5.74) is 10.1. The molecule has 1 aliphatic heterocycles. The number of hydrazone groups is 1. The highest BCUT2D eigenvalue weighted by Gasteiger charge is 2.37. The molecule has 2 heterocycles. The molecule has 2 aromatic carbocycles. The van der Waals surface area contributed by atoms with E-state index in [1.54, 1.807) is 6.21 Å². The van der Waals surface area contributed by atoms with Crippen LogP contribution in [0.15, 0.2) is 77.5 Å². The number of fused-ring (bicyclic) bond motifs is 1. The Morgan fingerprint density at radius 3 is 2.26 bits per heavy atom. The van der Waals surface area contributed by atoms with Gasteiger partial charge in [0.25, 0.3) is 5.91 Å². The highest BCUT2D eigenvalue weighted by Crippen LogP contribution is 2.46. The van der Waals surface area contributed by atoms with Gasteiger partial charge < -0.3 is 9.47 Å². The second kappa shape index (κ2) is 7.91. The fourth-order valence-electron chi connectivity index (χ4n) is 4.41. The Balaban J connectivity index is 1.45. The summed E-state index contributed by atoms with van der Waals surface area (Å²) in [5, 5.41) is 4.14. The molecule has 31 heavy (non-hydrogen) atoms. The second-order valence-corrected chi connectivity index (χ2v) is 8.47. The van der Waals surface area contributed by atoms with Crippen molar-refractivity contribution in [2.75, 3.05) is 11.9 Å². The van der Waals surface area contributed by atoms with Crippen molar-refractivity contribution >= 4 is 17.8 Å². The van der Waals surface area contributed by atoms with Crippen LogP contribution in [0.5, 0.6) is 0 Å². The standard InChI is InChI=1S/C26H28N4O/c1-18-10-11-19(2)30(18)21-14-12-20(13-15-21)25(31)28-27-17-16-24-26(3,4)22-8-6-7-9-23(22)29(24)5/h6-17H,1-5H3,(H,28,31). The number of carbonyl (C=O) groups is 1. The number of anilines is 1. The number of amides is 1. The van der Waals surface area contributed by atoms with Crippen LogP contribution in [-0.2, 0) is 5.41 Å².